The lowest BCUT2D eigenvalue weighted by Gasteiger charge is -2.27. The molecule has 1 aromatic heterocycles. The molecule has 0 aromatic carbocycles. The lowest BCUT2D eigenvalue weighted by Crippen LogP contribution is -2.46. The standard InChI is InChI=1S/C15H28N4S/c1-5-19(6-2)13(3)12-18-15(16-4)17-10-9-14-8-7-11-20-14/h7-8,11,13H,5-6,9-10,12H2,1-4H3,(H2,16,17,18). The molecule has 5 heteroatoms. The van der Waals surface area contributed by atoms with Crippen LogP contribution in [0.15, 0.2) is 22.5 Å². The molecular weight excluding hydrogens is 268 g/mol. The third-order valence-electron chi connectivity index (χ3n) is 3.47. The molecule has 0 radical (unpaired) electrons. The van der Waals surface area contributed by atoms with Crippen molar-refractivity contribution in [1.82, 2.24) is 15.5 Å². The molecule has 0 saturated heterocycles. The van der Waals surface area contributed by atoms with Gasteiger partial charge in [0, 0.05) is 31.1 Å². The number of guanidine groups is 1. The first-order chi connectivity index (χ1) is 9.71. The monoisotopic (exact) mass is 296 g/mol. The summed E-state index contributed by atoms with van der Waals surface area (Å²) in [6.45, 7) is 10.7. The zero-order valence-electron chi connectivity index (χ0n) is 13.1. The van der Waals surface area contributed by atoms with Crippen molar-refractivity contribution in [2.24, 2.45) is 4.99 Å². The van der Waals surface area contributed by atoms with Crippen LogP contribution in [-0.4, -0.2) is 50.1 Å². The van der Waals surface area contributed by atoms with Crippen molar-refractivity contribution >= 4 is 17.3 Å². The molecule has 0 saturated carbocycles. The lowest BCUT2D eigenvalue weighted by atomic mass is 10.3. The van der Waals surface area contributed by atoms with E-state index in [0.29, 0.717) is 6.04 Å². The number of nitrogens with one attached hydrogen (secondary N) is 2. The van der Waals surface area contributed by atoms with E-state index in [1.807, 2.05) is 7.05 Å². The number of aliphatic imine (C=N–C) groups is 1. The highest BCUT2D eigenvalue weighted by molar-refractivity contribution is 7.09. The van der Waals surface area contributed by atoms with Crippen LogP contribution in [0.5, 0.6) is 0 Å². The van der Waals surface area contributed by atoms with E-state index in [1.54, 1.807) is 11.3 Å². The van der Waals surface area contributed by atoms with Gasteiger partial charge >= 0.3 is 0 Å². The Balaban J connectivity index is 2.25. The van der Waals surface area contributed by atoms with Crippen LogP contribution in [-0.2, 0) is 6.42 Å². The Kier molecular flexibility index (Phi) is 8.30. The van der Waals surface area contributed by atoms with E-state index in [0.717, 1.165) is 38.6 Å². The fourth-order valence-electron chi connectivity index (χ4n) is 2.20. The molecule has 1 atom stereocenters. The van der Waals surface area contributed by atoms with Gasteiger partial charge in [-0.1, -0.05) is 19.9 Å². The molecule has 1 rings (SSSR count). The zero-order chi connectivity index (χ0) is 14.8. The molecule has 4 nitrogen and oxygen atoms in total. The molecule has 2 N–H and O–H groups in total. The normalized spacial score (nSPS) is 13.6. The minimum atomic E-state index is 0.515. The second-order valence-corrected chi connectivity index (χ2v) is 5.81. The van der Waals surface area contributed by atoms with Gasteiger partial charge in [0.25, 0.3) is 0 Å². The highest BCUT2D eigenvalue weighted by atomic mass is 32.1. The van der Waals surface area contributed by atoms with Gasteiger partial charge in [-0.05, 0) is 37.9 Å². The predicted octanol–water partition coefficient (Wildman–Crippen LogP) is 2.19. The molecule has 0 aliphatic carbocycles. The molecule has 1 heterocycles. The van der Waals surface area contributed by atoms with Crippen molar-refractivity contribution in [3.63, 3.8) is 0 Å². The van der Waals surface area contributed by atoms with Crippen molar-refractivity contribution in [1.29, 1.82) is 0 Å². The van der Waals surface area contributed by atoms with Crippen molar-refractivity contribution < 1.29 is 0 Å². The Morgan fingerprint density at radius 2 is 2.10 bits per heavy atom. The van der Waals surface area contributed by atoms with E-state index in [4.69, 9.17) is 0 Å². The van der Waals surface area contributed by atoms with Gasteiger partial charge < -0.3 is 10.6 Å². The maximum Gasteiger partial charge on any atom is 0.191 e. The summed E-state index contributed by atoms with van der Waals surface area (Å²) in [4.78, 5) is 8.11. The summed E-state index contributed by atoms with van der Waals surface area (Å²) in [7, 11) is 1.82. The molecule has 0 aliphatic rings. The van der Waals surface area contributed by atoms with Gasteiger partial charge in [-0.3, -0.25) is 9.89 Å². The van der Waals surface area contributed by atoms with Gasteiger partial charge in [-0.15, -0.1) is 11.3 Å². The first-order valence-corrected chi connectivity index (χ1v) is 8.30. The van der Waals surface area contributed by atoms with Gasteiger partial charge in [0.2, 0.25) is 0 Å². The number of nitrogens with zero attached hydrogens (tertiary/aromatic N) is 2. The highest BCUT2D eigenvalue weighted by Crippen LogP contribution is 2.07. The summed E-state index contributed by atoms with van der Waals surface area (Å²) in [6, 6.07) is 4.78. The second kappa shape index (κ2) is 9.77. The average molecular weight is 296 g/mol. The third-order valence-corrected chi connectivity index (χ3v) is 4.40. The Bertz CT molecular complexity index is 371. The number of rotatable bonds is 8. The SMILES string of the molecule is CCN(CC)C(C)CNC(=NC)NCCc1cccs1. The average Bonchev–Trinajstić information content (AvgIpc) is 2.97. The smallest absolute Gasteiger partial charge is 0.191 e. The van der Waals surface area contributed by atoms with Crippen LogP contribution in [0.1, 0.15) is 25.6 Å². The van der Waals surface area contributed by atoms with Crippen molar-refractivity contribution in [3.8, 4) is 0 Å². The van der Waals surface area contributed by atoms with Crippen LogP contribution < -0.4 is 10.6 Å². The summed E-state index contributed by atoms with van der Waals surface area (Å²) >= 11 is 1.80. The van der Waals surface area contributed by atoms with Gasteiger partial charge in [0.05, 0.1) is 0 Å². The third kappa shape index (κ3) is 5.92. The number of hydrogen-bond acceptors (Lipinski definition) is 3. The summed E-state index contributed by atoms with van der Waals surface area (Å²) < 4.78 is 0. The molecule has 0 spiro atoms. The van der Waals surface area contributed by atoms with Crippen molar-refractivity contribution in [3.05, 3.63) is 22.4 Å². The second-order valence-electron chi connectivity index (χ2n) is 4.78. The van der Waals surface area contributed by atoms with Crippen LogP contribution in [0.25, 0.3) is 0 Å². The number of likely N-dealkylation sites (N-methyl/N-ethyl adjacent to an activating group) is 1. The van der Waals surface area contributed by atoms with Gasteiger partial charge in [0.15, 0.2) is 5.96 Å². The Hall–Kier alpha value is -1.07. The van der Waals surface area contributed by atoms with Gasteiger partial charge in [0.1, 0.15) is 0 Å². The molecule has 0 bridgehead atoms. The topological polar surface area (TPSA) is 39.7 Å². The molecular formula is C15H28N4S. The lowest BCUT2D eigenvalue weighted by molar-refractivity contribution is 0.231. The van der Waals surface area contributed by atoms with E-state index >= 15 is 0 Å². The first kappa shape index (κ1) is 17.0. The van der Waals surface area contributed by atoms with E-state index in [9.17, 15) is 0 Å². The van der Waals surface area contributed by atoms with E-state index < -0.39 is 0 Å². The van der Waals surface area contributed by atoms with Crippen LogP contribution in [0.3, 0.4) is 0 Å². The maximum absolute atomic E-state index is 4.27. The van der Waals surface area contributed by atoms with Gasteiger partial charge in [-0.25, -0.2) is 0 Å². The molecule has 114 valence electrons. The molecule has 0 aliphatic heterocycles. The van der Waals surface area contributed by atoms with E-state index in [2.05, 4.69) is 58.8 Å². The molecule has 0 fully saturated rings. The minimum Gasteiger partial charge on any atom is -0.356 e. The van der Waals surface area contributed by atoms with Crippen LogP contribution >= 0.6 is 11.3 Å². The number of hydrogen-bond donors (Lipinski definition) is 2. The maximum atomic E-state index is 4.27. The Morgan fingerprint density at radius 1 is 1.35 bits per heavy atom. The Labute approximate surface area is 127 Å². The summed E-state index contributed by atoms with van der Waals surface area (Å²) in [5.74, 6) is 0.889. The quantitative estimate of drug-likeness (QED) is 0.570. The largest absolute Gasteiger partial charge is 0.356 e. The van der Waals surface area contributed by atoms with Crippen molar-refractivity contribution in [2.45, 2.75) is 33.2 Å². The molecule has 1 unspecified atom stereocenters. The fraction of sp³-hybridized carbons (Fsp3) is 0.667. The summed E-state index contributed by atoms with van der Waals surface area (Å²) in [5, 5.41) is 8.88. The zero-order valence-corrected chi connectivity index (χ0v) is 14.0. The summed E-state index contributed by atoms with van der Waals surface area (Å²) in [5.41, 5.74) is 0. The summed E-state index contributed by atoms with van der Waals surface area (Å²) in [6.07, 6.45) is 1.05. The number of thiophene rings is 1. The van der Waals surface area contributed by atoms with E-state index in [-0.39, 0.29) is 0 Å². The van der Waals surface area contributed by atoms with E-state index in [1.165, 1.54) is 4.88 Å². The first-order valence-electron chi connectivity index (χ1n) is 7.42. The van der Waals surface area contributed by atoms with Crippen LogP contribution in [0.2, 0.25) is 0 Å². The molecule has 1 aromatic rings. The van der Waals surface area contributed by atoms with Crippen LogP contribution in [0, 0.1) is 0 Å². The highest BCUT2D eigenvalue weighted by Gasteiger charge is 2.10. The molecule has 20 heavy (non-hydrogen) atoms. The van der Waals surface area contributed by atoms with Crippen molar-refractivity contribution in [2.75, 3.05) is 33.2 Å². The molecule has 0 amide bonds. The van der Waals surface area contributed by atoms with Crippen LogP contribution in [0.4, 0.5) is 0 Å². The Morgan fingerprint density at radius 3 is 2.65 bits per heavy atom. The fourth-order valence-corrected chi connectivity index (χ4v) is 2.91. The minimum absolute atomic E-state index is 0.515. The van der Waals surface area contributed by atoms with Gasteiger partial charge in [-0.2, -0.15) is 0 Å². The predicted molar refractivity (Wildman–Crippen MR) is 89.8 cm³/mol.